The van der Waals surface area contributed by atoms with E-state index >= 15 is 0 Å². The van der Waals surface area contributed by atoms with Gasteiger partial charge in [-0.05, 0) is 24.1 Å². The fraction of sp³-hybridized carbons (Fsp3) is 0.267. The summed E-state index contributed by atoms with van der Waals surface area (Å²) in [7, 11) is 1.57. The largest absolute Gasteiger partial charge is 0.496 e. The third-order valence-corrected chi connectivity index (χ3v) is 3.21. The van der Waals surface area contributed by atoms with Gasteiger partial charge in [0.1, 0.15) is 5.75 Å². The number of methoxy groups -OCH3 is 1. The number of ether oxygens (including phenoxy) is 1. The van der Waals surface area contributed by atoms with Gasteiger partial charge >= 0.3 is 0 Å². The van der Waals surface area contributed by atoms with Crippen LogP contribution in [-0.4, -0.2) is 22.2 Å². The third-order valence-electron chi connectivity index (χ3n) is 3.21. The number of anilines is 1. The Morgan fingerprint density at radius 2 is 2.14 bits per heavy atom. The van der Waals surface area contributed by atoms with Gasteiger partial charge in [0.25, 0.3) is 0 Å². The van der Waals surface area contributed by atoms with E-state index < -0.39 is 0 Å². The Bertz CT molecular complexity index is 684. The Kier molecular flexibility index (Phi) is 4.24. The first kappa shape index (κ1) is 14.6. The van der Waals surface area contributed by atoms with Crippen LogP contribution in [-0.2, 0) is 12.8 Å². The fourth-order valence-corrected chi connectivity index (χ4v) is 2.14. The van der Waals surface area contributed by atoms with E-state index in [1.807, 2.05) is 18.2 Å². The van der Waals surface area contributed by atoms with Gasteiger partial charge in [-0.2, -0.15) is 10.2 Å². The molecular formula is C15H16N4O2. The van der Waals surface area contributed by atoms with Crippen LogP contribution in [0.3, 0.4) is 0 Å². The highest BCUT2D eigenvalue weighted by Gasteiger charge is 2.13. The minimum absolute atomic E-state index is 0.0464. The number of aryl methyl sites for hydroxylation is 1. The van der Waals surface area contributed by atoms with Gasteiger partial charge in [0, 0.05) is 12.0 Å². The summed E-state index contributed by atoms with van der Waals surface area (Å²) in [5, 5.41) is 18.7. The van der Waals surface area contributed by atoms with Gasteiger partial charge in [0.2, 0.25) is 11.8 Å². The zero-order valence-corrected chi connectivity index (χ0v) is 11.9. The Labute approximate surface area is 122 Å². The number of aromatic hydroxyl groups is 1. The second-order valence-electron chi connectivity index (χ2n) is 4.63. The zero-order valence-electron chi connectivity index (χ0n) is 11.9. The average Bonchev–Trinajstić information content (AvgIpc) is 2.44. The summed E-state index contributed by atoms with van der Waals surface area (Å²) in [6, 6.07) is 7.66. The maximum atomic E-state index is 9.92. The number of nitrogens with zero attached hydrogens (tertiary/aromatic N) is 3. The Balaban J connectivity index is 2.38. The first-order valence-corrected chi connectivity index (χ1v) is 6.39. The molecule has 2 rings (SSSR count). The van der Waals surface area contributed by atoms with Crippen LogP contribution in [0.15, 0.2) is 18.2 Å². The van der Waals surface area contributed by atoms with Gasteiger partial charge in [-0.3, -0.25) is 0 Å². The van der Waals surface area contributed by atoms with Gasteiger partial charge in [-0.1, -0.05) is 12.1 Å². The maximum absolute atomic E-state index is 9.92. The minimum atomic E-state index is -0.122. The van der Waals surface area contributed by atoms with Gasteiger partial charge < -0.3 is 15.6 Å². The van der Waals surface area contributed by atoms with Crippen molar-refractivity contribution in [2.75, 3.05) is 12.8 Å². The van der Waals surface area contributed by atoms with Crippen LogP contribution in [0.5, 0.6) is 11.6 Å². The van der Waals surface area contributed by atoms with Gasteiger partial charge in [0.05, 0.1) is 25.3 Å². The summed E-state index contributed by atoms with van der Waals surface area (Å²) in [6.07, 6.45) is 0.750. The van der Waals surface area contributed by atoms with Crippen LogP contribution in [0.1, 0.15) is 22.4 Å². The molecule has 2 aromatic rings. The number of nitrogens with two attached hydrogens (primary N) is 1. The Hall–Kier alpha value is -2.81. The number of hydrogen-bond donors (Lipinski definition) is 2. The predicted octanol–water partition coefficient (Wildman–Crippen LogP) is 1.74. The molecule has 108 valence electrons. The van der Waals surface area contributed by atoms with E-state index in [0.717, 1.165) is 11.1 Å². The second-order valence-corrected chi connectivity index (χ2v) is 4.63. The van der Waals surface area contributed by atoms with Crippen molar-refractivity contribution in [3.8, 4) is 17.7 Å². The Morgan fingerprint density at radius 1 is 1.38 bits per heavy atom. The number of nitriles is 1. The predicted molar refractivity (Wildman–Crippen MR) is 78.0 cm³/mol. The lowest BCUT2D eigenvalue weighted by molar-refractivity contribution is 0.409. The van der Waals surface area contributed by atoms with Gasteiger partial charge in [0.15, 0.2) is 0 Å². The van der Waals surface area contributed by atoms with Crippen LogP contribution in [0.25, 0.3) is 0 Å². The summed E-state index contributed by atoms with van der Waals surface area (Å²) < 4.78 is 5.35. The SMILES string of the molecule is COc1cc(CC#N)ccc1Cc1c(C)nc(N)nc1O. The fourth-order valence-electron chi connectivity index (χ4n) is 2.14. The van der Waals surface area contributed by atoms with Crippen LogP contribution in [0, 0.1) is 18.3 Å². The van der Waals surface area contributed by atoms with Crippen molar-refractivity contribution in [1.29, 1.82) is 5.26 Å². The standard InChI is InChI=1S/C15H16N4O2/c1-9-12(14(20)19-15(17)18-9)8-11-4-3-10(5-6-16)7-13(11)21-2/h3-4,7H,5,8H2,1-2H3,(H3,17,18,19,20). The molecule has 0 bridgehead atoms. The molecule has 6 nitrogen and oxygen atoms in total. The topological polar surface area (TPSA) is 105 Å². The van der Waals surface area contributed by atoms with Crippen LogP contribution in [0.4, 0.5) is 5.95 Å². The maximum Gasteiger partial charge on any atom is 0.223 e. The van der Waals surface area contributed by atoms with Crippen LogP contribution >= 0.6 is 0 Å². The van der Waals surface area contributed by atoms with E-state index in [4.69, 9.17) is 15.7 Å². The Morgan fingerprint density at radius 3 is 2.76 bits per heavy atom. The molecule has 0 atom stereocenters. The third kappa shape index (κ3) is 3.20. The summed E-state index contributed by atoms with van der Waals surface area (Å²) in [4.78, 5) is 7.83. The molecule has 0 aliphatic rings. The molecule has 0 saturated heterocycles. The van der Waals surface area contributed by atoms with E-state index in [0.29, 0.717) is 29.8 Å². The monoisotopic (exact) mass is 284 g/mol. The summed E-state index contributed by atoms with van der Waals surface area (Å²) in [5.41, 5.74) is 8.49. The zero-order chi connectivity index (χ0) is 15.4. The molecule has 3 N–H and O–H groups in total. The van der Waals surface area contributed by atoms with Crippen molar-refractivity contribution in [1.82, 2.24) is 9.97 Å². The highest BCUT2D eigenvalue weighted by molar-refractivity contribution is 5.45. The molecule has 0 amide bonds. The molecule has 0 saturated carbocycles. The van der Waals surface area contributed by atoms with Crippen molar-refractivity contribution < 1.29 is 9.84 Å². The van der Waals surface area contributed by atoms with E-state index in [-0.39, 0.29) is 11.8 Å². The lowest BCUT2D eigenvalue weighted by Crippen LogP contribution is -2.03. The molecule has 1 heterocycles. The lowest BCUT2D eigenvalue weighted by Gasteiger charge is -2.12. The van der Waals surface area contributed by atoms with E-state index in [9.17, 15) is 5.11 Å². The molecule has 0 aliphatic heterocycles. The van der Waals surface area contributed by atoms with Crippen molar-refractivity contribution in [2.45, 2.75) is 19.8 Å². The molecule has 6 heteroatoms. The second kappa shape index (κ2) is 6.09. The quantitative estimate of drug-likeness (QED) is 0.886. The van der Waals surface area contributed by atoms with E-state index in [2.05, 4.69) is 16.0 Å². The molecule has 0 fully saturated rings. The molecule has 21 heavy (non-hydrogen) atoms. The van der Waals surface area contributed by atoms with Crippen molar-refractivity contribution in [3.05, 3.63) is 40.6 Å². The molecule has 0 unspecified atom stereocenters. The average molecular weight is 284 g/mol. The summed E-state index contributed by atoms with van der Waals surface area (Å²) >= 11 is 0. The van der Waals surface area contributed by atoms with Crippen molar-refractivity contribution in [3.63, 3.8) is 0 Å². The molecule has 0 radical (unpaired) electrons. The number of aromatic nitrogens is 2. The minimum Gasteiger partial charge on any atom is -0.496 e. The molecule has 1 aromatic carbocycles. The van der Waals surface area contributed by atoms with Gasteiger partial charge in [-0.25, -0.2) is 4.98 Å². The van der Waals surface area contributed by atoms with E-state index in [1.165, 1.54) is 0 Å². The smallest absolute Gasteiger partial charge is 0.223 e. The van der Waals surface area contributed by atoms with Crippen LogP contribution in [0.2, 0.25) is 0 Å². The highest BCUT2D eigenvalue weighted by atomic mass is 16.5. The van der Waals surface area contributed by atoms with Crippen molar-refractivity contribution >= 4 is 5.95 Å². The number of benzene rings is 1. The van der Waals surface area contributed by atoms with Crippen molar-refractivity contribution in [2.24, 2.45) is 0 Å². The molecule has 0 aliphatic carbocycles. The first-order valence-electron chi connectivity index (χ1n) is 6.39. The molecular weight excluding hydrogens is 268 g/mol. The molecule has 0 spiro atoms. The first-order chi connectivity index (χ1) is 10.0. The van der Waals surface area contributed by atoms with Gasteiger partial charge in [-0.15, -0.1) is 0 Å². The molecule has 1 aromatic heterocycles. The summed E-state index contributed by atoms with van der Waals surface area (Å²) in [6.45, 7) is 1.77. The normalized spacial score (nSPS) is 10.1. The number of hydrogen-bond acceptors (Lipinski definition) is 6. The lowest BCUT2D eigenvalue weighted by atomic mass is 10.0. The highest BCUT2D eigenvalue weighted by Crippen LogP contribution is 2.27. The summed E-state index contributed by atoms with van der Waals surface area (Å²) in [5.74, 6) is 0.589. The number of rotatable bonds is 4. The number of nitrogen functional groups attached to an aromatic ring is 1. The van der Waals surface area contributed by atoms with E-state index in [1.54, 1.807) is 14.0 Å². The van der Waals surface area contributed by atoms with Crippen LogP contribution < -0.4 is 10.5 Å².